The SMILES string of the molecule is COc1ccccc1OCCN1C(=O)S/C(=C\c2c(Cl)cc(Cl)c(O)c2Cl)C1=O. The van der Waals surface area contributed by atoms with Gasteiger partial charge in [-0.1, -0.05) is 46.9 Å². The molecular formula is C19H14Cl3NO5S. The molecule has 0 atom stereocenters. The molecule has 1 heterocycles. The standard InChI is InChI=1S/C19H14Cl3NO5S/c1-27-13-4-2-3-5-14(13)28-7-6-23-18(25)15(29-19(23)26)8-10-11(20)9-12(21)17(24)16(10)22/h2-5,8-9,24H,6-7H2,1H3/b15-8-. The fraction of sp³-hybridized carbons (Fsp3) is 0.158. The first-order valence-corrected chi connectivity index (χ1v) is 10.2. The number of phenolic OH excluding ortho intramolecular Hbond substituents is 1. The summed E-state index contributed by atoms with van der Waals surface area (Å²) in [6.07, 6.45) is 1.35. The van der Waals surface area contributed by atoms with Crippen LogP contribution in [0.2, 0.25) is 15.1 Å². The zero-order valence-corrected chi connectivity index (χ0v) is 18.0. The Hall–Kier alpha value is -2.06. The highest BCUT2D eigenvalue weighted by Gasteiger charge is 2.35. The average molecular weight is 475 g/mol. The minimum absolute atomic E-state index is 0.0151. The molecule has 0 saturated carbocycles. The summed E-state index contributed by atoms with van der Waals surface area (Å²) >= 11 is 18.7. The molecule has 3 rings (SSSR count). The third kappa shape index (κ3) is 4.59. The lowest BCUT2D eigenvalue weighted by molar-refractivity contribution is -0.123. The molecular weight excluding hydrogens is 461 g/mol. The van der Waals surface area contributed by atoms with Crippen molar-refractivity contribution in [1.82, 2.24) is 4.90 Å². The van der Waals surface area contributed by atoms with Gasteiger partial charge < -0.3 is 14.6 Å². The van der Waals surface area contributed by atoms with Crippen molar-refractivity contribution in [2.24, 2.45) is 0 Å². The van der Waals surface area contributed by atoms with E-state index in [4.69, 9.17) is 44.3 Å². The number of carbonyl (C=O) groups excluding carboxylic acids is 2. The summed E-state index contributed by atoms with van der Waals surface area (Å²) in [6.45, 7) is 0.141. The lowest BCUT2D eigenvalue weighted by atomic mass is 10.2. The second-order valence-corrected chi connectivity index (χ2v) is 7.93. The number of nitrogens with zero attached hydrogens (tertiary/aromatic N) is 1. The van der Waals surface area contributed by atoms with E-state index in [-0.39, 0.29) is 44.4 Å². The van der Waals surface area contributed by atoms with Crippen LogP contribution in [0.15, 0.2) is 35.2 Å². The number of methoxy groups -OCH3 is 1. The van der Waals surface area contributed by atoms with E-state index < -0.39 is 11.1 Å². The zero-order valence-electron chi connectivity index (χ0n) is 14.9. The van der Waals surface area contributed by atoms with Gasteiger partial charge in [-0.05, 0) is 36.0 Å². The first-order chi connectivity index (χ1) is 13.8. The van der Waals surface area contributed by atoms with E-state index >= 15 is 0 Å². The number of hydrogen-bond donors (Lipinski definition) is 1. The van der Waals surface area contributed by atoms with Crippen LogP contribution in [-0.2, 0) is 4.79 Å². The second-order valence-electron chi connectivity index (χ2n) is 5.75. The van der Waals surface area contributed by atoms with Crippen LogP contribution in [0.25, 0.3) is 6.08 Å². The molecule has 6 nitrogen and oxygen atoms in total. The number of phenols is 1. The van der Waals surface area contributed by atoms with Crippen LogP contribution in [0, 0.1) is 0 Å². The fourth-order valence-electron chi connectivity index (χ4n) is 2.54. The van der Waals surface area contributed by atoms with E-state index in [1.54, 1.807) is 24.3 Å². The van der Waals surface area contributed by atoms with E-state index in [0.29, 0.717) is 11.5 Å². The minimum atomic E-state index is -0.509. The monoisotopic (exact) mass is 473 g/mol. The predicted molar refractivity (Wildman–Crippen MR) is 114 cm³/mol. The van der Waals surface area contributed by atoms with Gasteiger partial charge in [0.05, 0.1) is 33.6 Å². The van der Waals surface area contributed by atoms with Crippen molar-refractivity contribution in [1.29, 1.82) is 0 Å². The van der Waals surface area contributed by atoms with Crippen LogP contribution in [0.5, 0.6) is 17.2 Å². The van der Waals surface area contributed by atoms with Crippen LogP contribution in [0.4, 0.5) is 4.79 Å². The molecule has 2 aromatic carbocycles. The van der Waals surface area contributed by atoms with Crippen molar-refractivity contribution in [3.63, 3.8) is 0 Å². The van der Waals surface area contributed by atoms with E-state index in [9.17, 15) is 14.7 Å². The second kappa shape index (κ2) is 9.17. The summed E-state index contributed by atoms with van der Waals surface area (Å²) in [5, 5.41) is 9.45. The highest BCUT2D eigenvalue weighted by atomic mass is 35.5. The Morgan fingerprint density at radius 3 is 2.52 bits per heavy atom. The predicted octanol–water partition coefficient (Wildman–Crippen LogP) is 5.48. The molecule has 2 aromatic rings. The number of rotatable bonds is 6. The van der Waals surface area contributed by atoms with Crippen molar-refractivity contribution in [2.45, 2.75) is 0 Å². The maximum absolute atomic E-state index is 12.6. The van der Waals surface area contributed by atoms with Crippen molar-refractivity contribution in [3.05, 3.63) is 55.9 Å². The Labute approximate surface area is 185 Å². The summed E-state index contributed by atoms with van der Waals surface area (Å²) < 4.78 is 10.8. The van der Waals surface area contributed by atoms with Crippen molar-refractivity contribution < 1.29 is 24.2 Å². The van der Waals surface area contributed by atoms with Gasteiger partial charge in [0, 0.05) is 5.56 Å². The van der Waals surface area contributed by atoms with Crippen LogP contribution in [-0.4, -0.2) is 41.4 Å². The molecule has 0 unspecified atom stereocenters. The number of ether oxygens (including phenoxy) is 2. The van der Waals surface area contributed by atoms with E-state index in [1.807, 2.05) is 0 Å². The number of aromatic hydroxyl groups is 1. The Morgan fingerprint density at radius 2 is 1.83 bits per heavy atom. The highest BCUT2D eigenvalue weighted by molar-refractivity contribution is 8.18. The van der Waals surface area contributed by atoms with E-state index in [0.717, 1.165) is 16.7 Å². The zero-order chi connectivity index (χ0) is 21.1. The molecule has 2 amide bonds. The minimum Gasteiger partial charge on any atom is -0.505 e. The number of amides is 2. The molecule has 1 fully saturated rings. The van der Waals surface area contributed by atoms with Crippen LogP contribution < -0.4 is 9.47 Å². The molecule has 1 aliphatic heterocycles. The highest BCUT2D eigenvalue weighted by Crippen LogP contribution is 2.42. The van der Waals surface area contributed by atoms with E-state index in [2.05, 4.69) is 0 Å². The van der Waals surface area contributed by atoms with Gasteiger partial charge in [-0.3, -0.25) is 14.5 Å². The lowest BCUT2D eigenvalue weighted by Crippen LogP contribution is -2.32. The number of imide groups is 1. The van der Waals surface area contributed by atoms with Gasteiger partial charge in [0.15, 0.2) is 17.2 Å². The number of benzene rings is 2. The molecule has 10 heteroatoms. The molecule has 0 aliphatic carbocycles. The molecule has 1 N–H and O–H groups in total. The van der Waals surface area contributed by atoms with Gasteiger partial charge in [0.1, 0.15) is 6.61 Å². The molecule has 0 radical (unpaired) electrons. The smallest absolute Gasteiger partial charge is 0.293 e. The lowest BCUT2D eigenvalue weighted by Gasteiger charge is -2.14. The van der Waals surface area contributed by atoms with Gasteiger partial charge >= 0.3 is 0 Å². The quantitative estimate of drug-likeness (QED) is 0.559. The number of thioether (sulfide) groups is 1. The Morgan fingerprint density at radius 1 is 1.14 bits per heavy atom. The maximum atomic E-state index is 12.6. The summed E-state index contributed by atoms with van der Waals surface area (Å²) in [7, 11) is 1.52. The molecule has 0 spiro atoms. The summed E-state index contributed by atoms with van der Waals surface area (Å²) in [5.41, 5.74) is 0.200. The normalized spacial score (nSPS) is 15.3. The summed E-state index contributed by atoms with van der Waals surface area (Å²) in [4.78, 5) is 26.1. The van der Waals surface area contributed by atoms with Crippen LogP contribution in [0.3, 0.4) is 0 Å². The molecule has 29 heavy (non-hydrogen) atoms. The number of carbonyl (C=O) groups is 2. The summed E-state index contributed by atoms with van der Waals surface area (Å²) in [6, 6.07) is 8.37. The number of hydrogen-bond acceptors (Lipinski definition) is 6. The topological polar surface area (TPSA) is 76.1 Å². The fourth-order valence-corrected chi connectivity index (χ4v) is 4.26. The van der Waals surface area contributed by atoms with Gasteiger partial charge in [0.2, 0.25) is 0 Å². The summed E-state index contributed by atoms with van der Waals surface area (Å²) in [5.74, 6) is 0.194. The van der Waals surface area contributed by atoms with E-state index in [1.165, 1.54) is 19.3 Å². The first-order valence-electron chi connectivity index (χ1n) is 8.21. The number of halogens is 3. The third-order valence-electron chi connectivity index (χ3n) is 3.97. The molecule has 0 bridgehead atoms. The Balaban J connectivity index is 1.73. The average Bonchev–Trinajstić information content (AvgIpc) is 2.97. The first kappa shape index (κ1) is 21.6. The third-order valence-corrected chi connectivity index (χ3v) is 5.86. The largest absolute Gasteiger partial charge is 0.505 e. The molecule has 1 aliphatic rings. The van der Waals surface area contributed by atoms with Gasteiger partial charge in [-0.25, -0.2) is 0 Å². The molecule has 152 valence electrons. The van der Waals surface area contributed by atoms with Gasteiger partial charge in [-0.2, -0.15) is 0 Å². The van der Waals surface area contributed by atoms with Gasteiger partial charge in [0.25, 0.3) is 11.1 Å². The maximum Gasteiger partial charge on any atom is 0.293 e. The Kier molecular flexibility index (Phi) is 6.85. The van der Waals surface area contributed by atoms with Crippen molar-refractivity contribution >= 4 is 63.8 Å². The Bertz CT molecular complexity index is 1010. The van der Waals surface area contributed by atoms with Crippen LogP contribution >= 0.6 is 46.6 Å². The molecule has 1 saturated heterocycles. The van der Waals surface area contributed by atoms with Gasteiger partial charge in [-0.15, -0.1) is 0 Å². The van der Waals surface area contributed by atoms with Crippen molar-refractivity contribution in [3.8, 4) is 17.2 Å². The number of para-hydroxylation sites is 2. The van der Waals surface area contributed by atoms with Crippen molar-refractivity contribution in [2.75, 3.05) is 20.3 Å². The van der Waals surface area contributed by atoms with Crippen LogP contribution in [0.1, 0.15) is 5.56 Å². The molecule has 0 aromatic heterocycles.